The van der Waals surface area contributed by atoms with Crippen LogP contribution in [0.4, 0.5) is 0 Å². The summed E-state index contributed by atoms with van der Waals surface area (Å²) in [5.41, 5.74) is 0.343. The van der Waals surface area contributed by atoms with E-state index in [2.05, 4.69) is 5.32 Å². The van der Waals surface area contributed by atoms with Gasteiger partial charge in [0, 0.05) is 16.8 Å². The van der Waals surface area contributed by atoms with Crippen molar-refractivity contribution in [2.45, 2.75) is 20.5 Å². The highest BCUT2D eigenvalue weighted by Gasteiger charge is 2.13. The van der Waals surface area contributed by atoms with Crippen LogP contribution in [-0.2, 0) is 16.1 Å². The first-order chi connectivity index (χ1) is 12.4. The van der Waals surface area contributed by atoms with Gasteiger partial charge in [-0.15, -0.1) is 0 Å². The number of hydrogen-bond acceptors (Lipinski definition) is 5. The average Bonchev–Trinajstić information content (AvgIpc) is 3.03. The van der Waals surface area contributed by atoms with E-state index in [0.29, 0.717) is 27.3 Å². The Labute approximate surface area is 160 Å². The number of carbonyl (C=O) groups is 2. The van der Waals surface area contributed by atoms with Gasteiger partial charge in [-0.2, -0.15) is 0 Å². The summed E-state index contributed by atoms with van der Waals surface area (Å²) in [5, 5.41) is 3.42. The molecule has 2 rings (SSSR count). The van der Waals surface area contributed by atoms with Crippen LogP contribution in [0.1, 0.15) is 30.2 Å². The van der Waals surface area contributed by atoms with Gasteiger partial charge in [0.1, 0.15) is 18.1 Å². The Morgan fingerprint density at radius 3 is 2.69 bits per heavy atom. The van der Waals surface area contributed by atoms with Crippen molar-refractivity contribution in [3.8, 4) is 5.75 Å². The molecule has 6 nitrogen and oxygen atoms in total. The second-order valence-corrected chi connectivity index (χ2v) is 6.01. The Morgan fingerprint density at radius 2 is 2.00 bits per heavy atom. The Bertz CT molecular complexity index is 829. The molecular weight excluding hydrogens is 381 g/mol. The number of amides is 1. The third-order valence-corrected chi connectivity index (χ3v) is 3.61. The molecule has 26 heavy (non-hydrogen) atoms. The van der Waals surface area contributed by atoms with E-state index in [4.69, 9.17) is 37.1 Å². The van der Waals surface area contributed by atoms with Gasteiger partial charge in [-0.3, -0.25) is 4.79 Å². The standard InChI is InChI=1S/C18H17Cl2NO5/c1-3-24-17(22)8-11(2)21-18(23)16-7-5-13(26-16)10-25-15-6-4-12(19)9-14(15)20/h4-9H,3,10H2,1-2H3,(H,21,23)/b11-8+. The minimum Gasteiger partial charge on any atom is -0.484 e. The van der Waals surface area contributed by atoms with Gasteiger partial charge in [0.25, 0.3) is 5.91 Å². The molecule has 0 spiro atoms. The molecule has 0 unspecified atom stereocenters. The Hall–Kier alpha value is -2.44. The Morgan fingerprint density at radius 1 is 1.23 bits per heavy atom. The quantitative estimate of drug-likeness (QED) is 0.554. The molecule has 0 aliphatic heterocycles. The predicted octanol–water partition coefficient (Wildman–Crippen LogP) is 4.36. The summed E-state index contributed by atoms with van der Waals surface area (Å²) in [6, 6.07) is 7.99. The van der Waals surface area contributed by atoms with Crippen LogP contribution in [0, 0.1) is 0 Å². The lowest BCUT2D eigenvalue weighted by molar-refractivity contribution is -0.137. The van der Waals surface area contributed by atoms with E-state index in [1.165, 1.54) is 12.1 Å². The van der Waals surface area contributed by atoms with E-state index in [9.17, 15) is 9.59 Å². The van der Waals surface area contributed by atoms with Crippen molar-refractivity contribution < 1.29 is 23.5 Å². The summed E-state index contributed by atoms with van der Waals surface area (Å²) >= 11 is 11.9. The minimum absolute atomic E-state index is 0.0856. The fourth-order valence-corrected chi connectivity index (χ4v) is 2.42. The lowest BCUT2D eigenvalue weighted by Crippen LogP contribution is -2.21. The van der Waals surface area contributed by atoms with Crippen molar-refractivity contribution in [2.24, 2.45) is 0 Å². The van der Waals surface area contributed by atoms with Crippen LogP contribution in [0.3, 0.4) is 0 Å². The Kier molecular flexibility index (Phi) is 7.12. The van der Waals surface area contributed by atoms with Crippen molar-refractivity contribution in [3.63, 3.8) is 0 Å². The molecule has 1 N–H and O–H groups in total. The molecule has 0 atom stereocenters. The molecule has 0 aliphatic carbocycles. The summed E-state index contributed by atoms with van der Waals surface area (Å²) in [6.07, 6.45) is 1.19. The first-order valence-electron chi connectivity index (χ1n) is 7.72. The van der Waals surface area contributed by atoms with E-state index in [-0.39, 0.29) is 19.0 Å². The number of furan rings is 1. The van der Waals surface area contributed by atoms with E-state index < -0.39 is 11.9 Å². The number of carbonyl (C=O) groups excluding carboxylic acids is 2. The van der Waals surface area contributed by atoms with Gasteiger partial charge in [0.15, 0.2) is 5.76 Å². The largest absolute Gasteiger partial charge is 0.484 e. The van der Waals surface area contributed by atoms with Gasteiger partial charge >= 0.3 is 5.97 Å². The van der Waals surface area contributed by atoms with Crippen molar-refractivity contribution in [1.82, 2.24) is 5.32 Å². The summed E-state index contributed by atoms with van der Waals surface area (Å²) in [4.78, 5) is 23.4. The number of ether oxygens (including phenoxy) is 2. The highest BCUT2D eigenvalue weighted by atomic mass is 35.5. The molecule has 0 saturated carbocycles. The van der Waals surface area contributed by atoms with Gasteiger partial charge in [-0.05, 0) is 44.2 Å². The molecule has 2 aromatic rings. The topological polar surface area (TPSA) is 77.8 Å². The maximum absolute atomic E-state index is 12.1. The van der Waals surface area contributed by atoms with Gasteiger partial charge in [0.05, 0.1) is 11.6 Å². The number of hydrogen-bond donors (Lipinski definition) is 1. The van der Waals surface area contributed by atoms with Gasteiger partial charge < -0.3 is 19.2 Å². The van der Waals surface area contributed by atoms with Gasteiger partial charge in [-0.1, -0.05) is 23.2 Å². The van der Waals surface area contributed by atoms with Gasteiger partial charge in [-0.25, -0.2) is 4.79 Å². The first-order valence-corrected chi connectivity index (χ1v) is 8.47. The highest BCUT2D eigenvalue weighted by molar-refractivity contribution is 6.35. The number of rotatable bonds is 7. The molecule has 8 heteroatoms. The SMILES string of the molecule is CCOC(=O)/C=C(\C)NC(=O)c1ccc(COc2ccc(Cl)cc2Cl)o1. The summed E-state index contributed by atoms with van der Waals surface area (Å²) in [6.45, 7) is 3.62. The molecule has 0 radical (unpaired) electrons. The lowest BCUT2D eigenvalue weighted by Gasteiger charge is -2.06. The summed E-state index contributed by atoms with van der Waals surface area (Å²) in [5.74, 6) is -0.0419. The molecular formula is C18H17Cl2NO5. The smallest absolute Gasteiger partial charge is 0.332 e. The summed E-state index contributed by atoms with van der Waals surface area (Å²) in [7, 11) is 0. The zero-order valence-electron chi connectivity index (χ0n) is 14.2. The maximum Gasteiger partial charge on any atom is 0.332 e. The second kappa shape index (κ2) is 9.31. The van der Waals surface area contributed by atoms with Crippen LogP contribution in [0.25, 0.3) is 0 Å². The van der Waals surface area contributed by atoms with E-state index in [1.54, 1.807) is 38.1 Å². The molecule has 1 amide bonds. The normalized spacial score (nSPS) is 11.2. The monoisotopic (exact) mass is 397 g/mol. The van der Waals surface area contributed by atoms with E-state index >= 15 is 0 Å². The fraction of sp³-hybridized carbons (Fsp3) is 0.222. The third-order valence-electron chi connectivity index (χ3n) is 3.08. The van der Waals surface area contributed by atoms with Crippen LogP contribution >= 0.6 is 23.2 Å². The lowest BCUT2D eigenvalue weighted by atomic mass is 10.3. The van der Waals surface area contributed by atoms with Crippen LogP contribution < -0.4 is 10.1 Å². The van der Waals surface area contributed by atoms with E-state index in [1.807, 2.05) is 0 Å². The van der Waals surface area contributed by atoms with Crippen molar-refractivity contribution in [1.29, 1.82) is 0 Å². The zero-order chi connectivity index (χ0) is 19.1. The van der Waals surface area contributed by atoms with Crippen LogP contribution in [0.15, 0.2) is 46.5 Å². The number of nitrogens with one attached hydrogen (secondary N) is 1. The maximum atomic E-state index is 12.1. The first kappa shape index (κ1) is 19.9. The zero-order valence-corrected chi connectivity index (χ0v) is 15.7. The molecule has 0 bridgehead atoms. The van der Waals surface area contributed by atoms with Crippen LogP contribution in [-0.4, -0.2) is 18.5 Å². The summed E-state index contributed by atoms with van der Waals surface area (Å²) < 4.78 is 15.7. The Balaban J connectivity index is 1.94. The van der Waals surface area contributed by atoms with Crippen LogP contribution in [0.2, 0.25) is 10.0 Å². The van der Waals surface area contributed by atoms with E-state index in [0.717, 1.165) is 0 Å². The highest BCUT2D eigenvalue weighted by Crippen LogP contribution is 2.28. The molecule has 0 aliphatic rings. The average molecular weight is 398 g/mol. The molecule has 1 heterocycles. The fourth-order valence-electron chi connectivity index (χ4n) is 1.96. The van der Waals surface area contributed by atoms with Crippen molar-refractivity contribution in [3.05, 3.63) is 63.7 Å². The molecule has 138 valence electrons. The molecule has 0 fully saturated rings. The minimum atomic E-state index is -0.529. The number of esters is 1. The predicted molar refractivity (Wildman–Crippen MR) is 97.4 cm³/mol. The number of halogens is 2. The van der Waals surface area contributed by atoms with Gasteiger partial charge in [0.2, 0.25) is 0 Å². The number of benzene rings is 1. The third kappa shape index (κ3) is 5.82. The molecule has 1 aromatic heterocycles. The second-order valence-electron chi connectivity index (χ2n) is 5.16. The molecule has 0 saturated heterocycles. The molecule has 1 aromatic carbocycles. The van der Waals surface area contributed by atoms with Crippen molar-refractivity contribution >= 4 is 35.1 Å². The van der Waals surface area contributed by atoms with Crippen LogP contribution in [0.5, 0.6) is 5.75 Å². The van der Waals surface area contributed by atoms with Crippen molar-refractivity contribution in [2.75, 3.05) is 6.61 Å². The number of allylic oxidation sites excluding steroid dienone is 1.